The summed E-state index contributed by atoms with van der Waals surface area (Å²) in [4.78, 5) is 12.7. The Balaban J connectivity index is 1.92. The van der Waals surface area contributed by atoms with E-state index in [0.717, 1.165) is 28.1 Å². The minimum Gasteiger partial charge on any atom is -0.265 e. The molecule has 28 heavy (non-hydrogen) atoms. The number of fused-ring (bicyclic) bond motifs is 3. The molecule has 4 rings (SSSR count). The van der Waals surface area contributed by atoms with Gasteiger partial charge in [-0.2, -0.15) is 10.2 Å². The van der Waals surface area contributed by atoms with Gasteiger partial charge in [-0.25, -0.2) is 10.1 Å². The molecular weight excluding hydrogens is 419 g/mol. The average Bonchev–Trinajstić information content (AvgIpc) is 3.16. The Bertz CT molecular complexity index is 1150. The van der Waals surface area contributed by atoms with E-state index in [9.17, 15) is 4.79 Å². The van der Waals surface area contributed by atoms with Gasteiger partial charge in [0.05, 0.1) is 16.4 Å². The van der Waals surface area contributed by atoms with Crippen molar-refractivity contribution in [3.8, 4) is 16.9 Å². The third-order valence-corrected chi connectivity index (χ3v) is 5.18. The molecule has 1 aromatic heterocycles. The van der Waals surface area contributed by atoms with Crippen molar-refractivity contribution in [2.45, 2.75) is 20.3 Å². The summed E-state index contributed by atoms with van der Waals surface area (Å²) in [6.45, 7) is 3.60. The van der Waals surface area contributed by atoms with Crippen LogP contribution in [-0.2, 0) is 6.42 Å². The fraction of sp³-hybridized carbons (Fsp3) is 0.150. The summed E-state index contributed by atoms with van der Waals surface area (Å²) in [5.74, 6) is -0.375. The van der Waals surface area contributed by atoms with Crippen LogP contribution in [0.3, 0.4) is 0 Å². The summed E-state index contributed by atoms with van der Waals surface area (Å²) in [7, 11) is 0. The SMILES string of the molecule is CC(C)=NNC(=O)c1nn(-c2ccc(Cl)cc2Cl)c2c1Cc1cc(Cl)ccc1-2. The topological polar surface area (TPSA) is 59.3 Å². The Morgan fingerprint density at radius 3 is 2.54 bits per heavy atom. The maximum atomic E-state index is 12.7. The van der Waals surface area contributed by atoms with Crippen LogP contribution < -0.4 is 5.43 Å². The number of rotatable bonds is 3. The van der Waals surface area contributed by atoms with Crippen LogP contribution in [0, 0.1) is 0 Å². The molecule has 1 aliphatic carbocycles. The minimum absolute atomic E-state index is 0.304. The highest BCUT2D eigenvalue weighted by Crippen LogP contribution is 2.41. The molecule has 0 spiro atoms. The Labute approximate surface area is 176 Å². The molecule has 0 radical (unpaired) electrons. The number of hydrogen-bond donors (Lipinski definition) is 1. The largest absolute Gasteiger partial charge is 0.292 e. The van der Waals surface area contributed by atoms with Gasteiger partial charge in [0.25, 0.3) is 5.91 Å². The predicted molar refractivity (Wildman–Crippen MR) is 113 cm³/mol. The van der Waals surface area contributed by atoms with Crippen LogP contribution >= 0.6 is 34.8 Å². The fourth-order valence-corrected chi connectivity index (χ4v) is 3.93. The Hall–Kier alpha value is -2.34. The molecule has 1 N–H and O–H groups in total. The fourth-order valence-electron chi connectivity index (χ4n) is 3.25. The molecule has 0 saturated heterocycles. The lowest BCUT2D eigenvalue weighted by atomic mass is 10.1. The van der Waals surface area contributed by atoms with Crippen molar-refractivity contribution in [1.82, 2.24) is 15.2 Å². The number of carbonyl (C=O) groups excluding carboxylic acids is 1. The van der Waals surface area contributed by atoms with Crippen LogP contribution in [0.1, 0.15) is 35.5 Å². The van der Waals surface area contributed by atoms with Gasteiger partial charge in [-0.3, -0.25) is 4.79 Å². The van der Waals surface area contributed by atoms with Gasteiger partial charge in [-0.05, 0) is 49.7 Å². The van der Waals surface area contributed by atoms with E-state index in [1.165, 1.54) is 0 Å². The predicted octanol–water partition coefficient (Wildman–Crippen LogP) is 5.53. The quantitative estimate of drug-likeness (QED) is 0.341. The highest BCUT2D eigenvalue weighted by Gasteiger charge is 2.31. The van der Waals surface area contributed by atoms with E-state index < -0.39 is 0 Å². The normalized spacial score (nSPS) is 11.8. The van der Waals surface area contributed by atoms with Gasteiger partial charge in [0.2, 0.25) is 0 Å². The van der Waals surface area contributed by atoms with Gasteiger partial charge in [0, 0.05) is 33.3 Å². The zero-order valence-corrected chi connectivity index (χ0v) is 17.3. The molecule has 1 aliphatic rings. The first-order valence-electron chi connectivity index (χ1n) is 8.52. The highest BCUT2D eigenvalue weighted by molar-refractivity contribution is 6.35. The van der Waals surface area contributed by atoms with Crippen LogP contribution in [0.15, 0.2) is 41.5 Å². The van der Waals surface area contributed by atoms with Gasteiger partial charge in [-0.15, -0.1) is 0 Å². The number of benzene rings is 2. The molecule has 0 saturated carbocycles. The van der Waals surface area contributed by atoms with Gasteiger partial charge >= 0.3 is 0 Å². The van der Waals surface area contributed by atoms with E-state index in [0.29, 0.717) is 32.9 Å². The molecule has 142 valence electrons. The summed E-state index contributed by atoms with van der Waals surface area (Å²) >= 11 is 18.6. The molecule has 3 aromatic rings. The molecule has 2 aromatic carbocycles. The summed E-state index contributed by atoms with van der Waals surface area (Å²) in [5, 5.41) is 10.2. The van der Waals surface area contributed by atoms with Gasteiger partial charge in [-0.1, -0.05) is 40.9 Å². The first-order chi connectivity index (χ1) is 13.3. The molecule has 0 unspecified atom stereocenters. The van der Waals surface area contributed by atoms with E-state index in [4.69, 9.17) is 34.8 Å². The highest BCUT2D eigenvalue weighted by atomic mass is 35.5. The monoisotopic (exact) mass is 432 g/mol. The standard InChI is InChI=1S/C20H15Cl3N4O/c1-10(2)24-25-20(28)18-15-8-11-7-12(21)3-5-14(11)19(15)27(26-18)17-6-4-13(22)9-16(17)23/h3-7,9H,8H2,1-2H3,(H,25,28). The lowest BCUT2D eigenvalue weighted by molar-refractivity contribution is 0.0948. The van der Waals surface area contributed by atoms with Gasteiger partial charge in [0.1, 0.15) is 0 Å². The maximum absolute atomic E-state index is 12.7. The number of nitrogens with zero attached hydrogens (tertiary/aromatic N) is 3. The van der Waals surface area contributed by atoms with Gasteiger partial charge in [0.15, 0.2) is 5.69 Å². The third kappa shape index (κ3) is 3.30. The van der Waals surface area contributed by atoms with Crippen molar-refractivity contribution >= 4 is 46.4 Å². The van der Waals surface area contributed by atoms with Crippen molar-refractivity contribution in [2.75, 3.05) is 0 Å². The number of amides is 1. The number of carbonyl (C=O) groups is 1. The van der Waals surface area contributed by atoms with E-state index in [1.807, 2.05) is 18.2 Å². The second-order valence-electron chi connectivity index (χ2n) is 6.66. The number of aromatic nitrogens is 2. The minimum atomic E-state index is -0.375. The lowest BCUT2D eigenvalue weighted by Gasteiger charge is -2.10. The Morgan fingerprint density at radius 2 is 1.82 bits per heavy atom. The summed E-state index contributed by atoms with van der Waals surface area (Å²) in [6, 6.07) is 10.8. The summed E-state index contributed by atoms with van der Waals surface area (Å²) in [6.07, 6.45) is 0.550. The van der Waals surface area contributed by atoms with Crippen LogP contribution in [-0.4, -0.2) is 21.4 Å². The first-order valence-corrected chi connectivity index (χ1v) is 9.66. The molecule has 0 atom stereocenters. The molecule has 1 heterocycles. The summed E-state index contributed by atoms with van der Waals surface area (Å²) < 4.78 is 1.69. The van der Waals surface area contributed by atoms with E-state index in [-0.39, 0.29) is 5.91 Å². The average molecular weight is 434 g/mol. The lowest BCUT2D eigenvalue weighted by Crippen LogP contribution is -2.20. The molecular formula is C20H15Cl3N4O. The first kappa shape index (κ1) is 19.0. The number of hydrazone groups is 1. The van der Waals surface area contributed by atoms with Crippen molar-refractivity contribution in [1.29, 1.82) is 0 Å². The molecule has 0 aliphatic heterocycles. The van der Waals surface area contributed by atoms with E-state index in [1.54, 1.807) is 36.7 Å². The van der Waals surface area contributed by atoms with Crippen LogP contribution in [0.2, 0.25) is 15.1 Å². The molecule has 1 amide bonds. The second kappa shape index (κ2) is 7.24. The Morgan fingerprint density at radius 1 is 1.11 bits per heavy atom. The number of nitrogens with one attached hydrogen (secondary N) is 1. The number of halogens is 3. The Kier molecular flexibility index (Phi) is 4.91. The van der Waals surface area contributed by atoms with Crippen LogP contribution in [0.25, 0.3) is 16.9 Å². The molecule has 5 nitrogen and oxygen atoms in total. The van der Waals surface area contributed by atoms with Crippen LogP contribution in [0.4, 0.5) is 0 Å². The van der Waals surface area contributed by atoms with E-state index in [2.05, 4.69) is 15.6 Å². The molecule has 0 bridgehead atoms. The van der Waals surface area contributed by atoms with Gasteiger partial charge < -0.3 is 0 Å². The third-order valence-electron chi connectivity index (χ3n) is 4.41. The van der Waals surface area contributed by atoms with Crippen molar-refractivity contribution in [2.24, 2.45) is 5.10 Å². The molecule has 8 heteroatoms. The zero-order chi connectivity index (χ0) is 20.0. The van der Waals surface area contributed by atoms with Crippen molar-refractivity contribution in [3.05, 3.63) is 68.3 Å². The maximum Gasteiger partial charge on any atom is 0.292 e. The molecule has 0 fully saturated rings. The smallest absolute Gasteiger partial charge is 0.265 e. The van der Waals surface area contributed by atoms with Crippen molar-refractivity contribution in [3.63, 3.8) is 0 Å². The van der Waals surface area contributed by atoms with E-state index >= 15 is 0 Å². The van der Waals surface area contributed by atoms with Crippen LogP contribution in [0.5, 0.6) is 0 Å². The van der Waals surface area contributed by atoms with Crippen molar-refractivity contribution < 1.29 is 4.79 Å². The summed E-state index contributed by atoms with van der Waals surface area (Å²) in [5.41, 5.74) is 7.85. The second-order valence-corrected chi connectivity index (χ2v) is 7.94. The number of hydrogen-bond acceptors (Lipinski definition) is 3. The zero-order valence-electron chi connectivity index (χ0n) is 15.1.